The van der Waals surface area contributed by atoms with Crippen LogP contribution >= 0.6 is 0 Å². The number of hydrogen-bond acceptors (Lipinski definition) is 1. The minimum Gasteiger partial charge on any atom is -0.481 e. The fourth-order valence-electron chi connectivity index (χ4n) is 0.214. The van der Waals surface area contributed by atoms with E-state index in [1.807, 2.05) is 6.92 Å². The number of aliphatic carboxylic acids is 1. The molecular formula is C5H11O2. The van der Waals surface area contributed by atoms with Crippen LogP contribution in [0.25, 0.3) is 0 Å². The first kappa shape index (κ1) is 9.69. The molecule has 0 aromatic heterocycles. The molecule has 0 aliphatic rings. The molecule has 0 saturated heterocycles. The lowest BCUT2D eigenvalue weighted by atomic mass is 10.4. The molecule has 1 radical (unpaired) electrons. The lowest BCUT2D eigenvalue weighted by Crippen LogP contribution is -1.90. The summed E-state index contributed by atoms with van der Waals surface area (Å²) in [4.78, 5) is 9.60. The highest BCUT2D eigenvalue weighted by Gasteiger charge is 1.87. The van der Waals surface area contributed by atoms with E-state index in [1.54, 1.807) is 0 Å². The van der Waals surface area contributed by atoms with Crippen LogP contribution in [0.1, 0.15) is 19.8 Å². The van der Waals surface area contributed by atoms with Gasteiger partial charge in [-0.3, -0.25) is 4.79 Å². The largest absolute Gasteiger partial charge is 0.481 e. The van der Waals surface area contributed by atoms with Crippen LogP contribution < -0.4 is 0 Å². The fourth-order valence-corrected chi connectivity index (χ4v) is 0.214. The lowest BCUT2D eigenvalue weighted by Gasteiger charge is -1.79. The van der Waals surface area contributed by atoms with E-state index in [0.29, 0.717) is 6.42 Å². The summed E-state index contributed by atoms with van der Waals surface area (Å²) in [5, 5.41) is 7.91. The van der Waals surface area contributed by atoms with E-state index in [9.17, 15) is 4.79 Å². The first-order valence-corrected chi connectivity index (χ1v) is 1.99. The van der Waals surface area contributed by atoms with Crippen molar-refractivity contribution in [3.63, 3.8) is 0 Å². The fraction of sp³-hybridized carbons (Fsp3) is 0.600. The maximum absolute atomic E-state index is 9.60. The third-order valence-corrected chi connectivity index (χ3v) is 0.464. The van der Waals surface area contributed by atoms with Crippen molar-refractivity contribution in [1.82, 2.24) is 0 Å². The molecule has 0 aliphatic heterocycles. The van der Waals surface area contributed by atoms with Crippen LogP contribution in [0.2, 0.25) is 0 Å². The molecule has 43 valence electrons. The molecule has 1 N–H and O–H groups in total. The van der Waals surface area contributed by atoms with Gasteiger partial charge in [-0.25, -0.2) is 0 Å². The lowest BCUT2D eigenvalue weighted by molar-refractivity contribution is -0.137. The molecule has 0 bridgehead atoms. The molecule has 0 aromatic carbocycles. The smallest absolute Gasteiger partial charge is 0.303 e. The standard InChI is InChI=1S/C4H8O2.CH3/c1-2-3-4(5)6;/h2-3H2,1H3,(H,5,6);1H3. The van der Waals surface area contributed by atoms with E-state index < -0.39 is 5.97 Å². The average molecular weight is 103 g/mol. The van der Waals surface area contributed by atoms with E-state index in [2.05, 4.69) is 0 Å². The summed E-state index contributed by atoms with van der Waals surface area (Å²) < 4.78 is 0. The molecule has 0 spiro atoms. The zero-order chi connectivity index (χ0) is 4.99. The zero-order valence-corrected chi connectivity index (χ0v) is 4.77. The number of rotatable bonds is 2. The summed E-state index contributed by atoms with van der Waals surface area (Å²) in [5.41, 5.74) is 0. The van der Waals surface area contributed by atoms with Crippen molar-refractivity contribution in [2.45, 2.75) is 19.8 Å². The first-order chi connectivity index (χ1) is 2.77. The molecule has 0 unspecified atom stereocenters. The van der Waals surface area contributed by atoms with Crippen molar-refractivity contribution >= 4 is 5.97 Å². The van der Waals surface area contributed by atoms with Gasteiger partial charge in [-0.15, -0.1) is 0 Å². The monoisotopic (exact) mass is 103 g/mol. The number of carboxylic acid groups (broad SMARTS) is 1. The van der Waals surface area contributed by atoms with Gasteiger partial charge in [0.05, 0.1) is 0 Å². The molecule has 0 saturated carbocycles. The Hall–Kier alpha value is -0.530. The predicted octanol–water partition coefficient (Wildman–Crippen LogP) is 1.32. The highest BCUT2D eigenvalue weighted by molar-refractivity contribution is 5.66. The summed E-state index contributed by atoms with van der Waals surface area (Å²) in [6.07, 6.45) is 1.02. The van der Waals surface area contributed by atoms with Crippen LogP contribution in [-0.4, -0.2) is 11.1 Å². The summed E-state index contributed by atoms with van der Waals surface area (Å²) >= 11 is 0. The molecule has 0 heterocycles. The van der Waals surface area contributed by atoms with Crippen LogP contribution in [0.4, 0.5) is 0 Å². The Kier molecular flexibility index (Phi) is 7.57. The molecule has 2 nitrogen and oxygen atoms in total. The Balaban J connectivity index is 0. The minimum absolute atomic E-state index is 0. The quantitative estimate of drug-likeness (QED) is 0.572. The van der Waals surface area contributed by atoms with Crippen LogP contribution in [0.15, 0.2) is 0 Å². The number of carboxylic acids is 1. The second kappa shape index (κ2) is 5.47. The molecule has 0 aliphatic carbocycles. The van der Waals surface area contributed by atoms with Crippen molar-refractivity contribution < 1.29 is 9.90 Å². The molecule has 2 heteroatoms. The van der Waals surface area contributed by atoms with Crippen molar-refractivity contribution in [3.05, 3.63) is 7.43 Å². The third-order valence-electron chi connectivity index (χ3n) is 0.464. The van der Waals surface area contributed by atoms with E-state index in [1.165, 1.54) is 0 Å². The average Bonchev–Trinajstić information content (AvgIpc) is 1.35. The zero-order valence-electron chi connectivity index (χ0n) is 4.77. The summed E-state index contributed by atoms with van der Waals surface area (Å²) in [5.74, 6) is -0.711. The Bertz CT molecular complexity index is 50.0. The molecule has 0 aromatic rings. The van der Waals surface area contributed by atoms with Crippen LogP contribution in [0.3, 0.4) is 0 Å². The molecule has 0 atom stereocenters. The second-order valence-electron chi connectivity index (χ2n) is 1.14. The van der Waals surface area contributed by atoms with Gasteiger partial charge < -0.3 is 5.11 Å². The van der Waals surface area contributed by atoms with Gasteiger partial charge in [0, 0.05) is 6.42 Å². The maximum Gasteiger partial charge on any atom is 0.303 e. The Morgan fingerprint density at radius 1 is 1.71 bits per heavy atom. The number of carbonyl (C=O) groups is 1. The predicted molar refractivity (Wildman–Crippen MR) is 29.0 cm³/mol. The summed E-state index contributed by atoms with van der Waals surface area (Å²) in [7, 11) is 0. The van der Waals surface area contributed by atoms with Gasteiger partial charge in [0.2, 0.25) is 0 Å². The SMILES string of the molecule is CCCC(=O)O.[CH3]. The second-order valence-corrected chi connectivity index (χ2v) is 1.14. The van der Waals surface area contributed by atoms with Crippen LogP contribution in [0, 0.1) is 7.43 Å². The first-order valence-electron chi connectivity index (χ1n) is 1.99. The van der Waals surface area contributed by atoms with Gasteiger partial charge >= 0.3 is 5.97 Å². The Labute approximate surface area is 44.2 Å². The normalized spacial score (nSPS) is 7.00. The summed E-state index contributed by atoms with van der Waals surface area (Å²) in [6, 6.07) is 0. The van der Waals surface area contributed by atoms with Gasteiger partial charge in [0.15, 0.2) is 0 Å². The molecule has 0 amide bonds. The Morgan fingerprint density at radius 2 is 2.14 bits per heavy atom. The van der Waals surface area contributed by atoms with Crippen LogP contribution in [0.5, 0.6) is 0 Å². The van der Waals surface area contributed by atoms with Gasteiger partial charge in [0.25, 0.3) is 0 Å². The van der Waals surface area contributed by atoms with Gasteiger partial charge in [-0.05, 0) is 6.42 Å². The maximum atomic E-state index is 9.60. The molecule has 0 rings (SSSR count). The van der Waals surface area contributed by atoms with Crippen molar-refractivity contribution in [3.8, 4) is 0 Å². The Morgan fingerprint density at radius 3 is 2.14 bits per heavy atom. The molecule has 7 heavy (non-hydrogen) atoms. The van der Waals surface area contributed by atoms with Crippen molar-refractivity contribution in [2.24, 2.45) is 0 Å². The minimum atomic E-state index is -0.711. The molecular weight excluding hydrogens is 92.1 g/mol. The highest BCUT2D eigenvalue weighted by atomic mass is 16.4. The van der Waals surface area contributed by atoms with E-state index in [4.69, 9.17) is 5.11 Å². The van der Waals surface area contributed by atoms with Crippen molar-refractivity contribution in [2.75, 3.05) is 0 Å². The third kappa shape index (κ3) is 10.8. The van der Waals surface area contributed by atoms with Gasteiger partial charge in [-0.2, -0.15) is 0 Å². The topological polar surface area (TPSA) is 37.3 Å². The summed E-state index contributed by atoms with van der Waals surface area (Å²) in [6.45, 7) is 1.84. The van der Waals surface area contributed by atoms with Crippen LogP contribution in [-0.2, 0) is 4.79 Å². The van der Waals surface area contributed by atoms with E-state index in [-0.39, 0.29) is 7.43 Å². The van der Waals surface area contributed by atoms with Crippen molar-refractivity contribution in [1.29, 1.82) is 0 Å². The van der Waals surface area contributed by atoms with Gasteiger partial charge in [0.1, 0.15) is 0 Å². The van der Waals surface area contributed by atoms with E-state index >= 15 is 0 Å². The van der Waals surface area contributed by atoms with Gasteiger partial charge in [-0.1, -0.05) is 14.4 Å². The highest BCUT2D eigenvalue weighted by Crippen LogP contribution is 1.82. The number of hydrogen-bond donors (Lipinski definition) is 1. The molecule has 0 fully saturated rings. The van der Waals surface area contributed by atoms with E-state index in [0.717, 1.165) is 6.42 Å².